The molecule has 0 radical (unpaired) electrons. The number of hydrogen-bond acceptors (Lipinski definition) is 5. The van der Waals surface area contributed by atoms with Gasteiger partial charge < -0.3 is 4.90 Å². The fraction of sp³-hybridized carbons (Fsp3) is 0.211. The Kier molecular flexibility index (Phi) is 7.10. The molecule has 2 aromatic heterocycles. The van der Waals surface area contributed by atoms with Crippen LogP contribution in [0.3, 0.4) is 0 Å². The van der Waals surface area contributed by atoms with E-state index in [-0.39, 0.29) is 12.3 Å². The maximum atomic E-state index is 12.9. The Morgan fingerprint density at radius 3 is 2.66 bits per heavy atom. The van der Waals surface area contributed by atoms with Crippen molar-refractivity contribution in [1.29, 1.82) is 0 Å². The maximum Gasteiger partial charge on any atom is 0.406 e. The smallest absolute Gasteiger partial charge is 0.329 e. The minimum Gasteiger partial charge on any atom is -0.329 e. The number of H-pyrrole nitrogens is 1. The molecule has 0 fully saturated rings. The van der Waals surface area contributed by atoms with Crippen molar-refractivity contribution >= 4 is 41.2 Å². The zero-order valence-electron chi connectivity index (χ0n) is 15.1. The van der Waals surface area contributed by atoms with Gasteiger partial charge in [0.25, 0.3) is 0 Å². The highest BCUT2D eigenvalue weighted by molar-refractivity contribution is 7.99. The minimum atomic E-state index is -4.47. The summed E-state index contributed by atoms with van der Waals surface area (Å²) in [5.74, 6) is -0.309. The number of alkyl halides is 3. The monoisotopic (exact) mass is 438 g/mol. The van der Waals surface area contributed by atoms with Gasteiger partial charge in [-0.3, -0.25) is 9.89 Å². The van der Waals surface area contributed by atoms with E-state index in [1.165, 1.54) is 0 Å². The zero-order chi connectivity index (χ0) is 20.7. The molecule has 0 saturated heterocycles. The van der Waals surface area contributed by atoms with Crippen molar-refractivity contribution in [2.24, 2.45) is 0 Å². The van der Waals surface area contributed by atoms with Crippen molar-refractivity contribution in [2.45, 2.75) is 17.9 Å². The van der Waals surface area contributed by atoms with Gasteiger partial charge in [0.1, 0.15) is 12.4 Å². The first-order valence-corrected chi connectivity index (χ1v) is 10.4. The average molecular weight is 439 g/mol. The Hall–Kier alpha value is -2.59. The summed E-state index contributed by atoms with van der Waals surface area (Å²) in [6.07, 6.45) is -0.856. The van der Waals surface area contributed by atoms with Gasteiger partial charge in [-0.1, -0.05) is 48.2 Å². The minimum absolute atomic E-state index is 0.109. The second kappa shape index (κ2) is 9.75. The van der Waals surface area contributed by atoms with Gasteiger partial charge in [-0.25, -0.2) is 4.98 Å². The maximum absolute atomic E-state index is 12.9. The Labute approximate surface area is 173 Å². The molecule has 0 aliphatic heterocycles. The molecule has 1 aromatic carbocycles. The molecule has 1 N–H and O–H groups in total. The molecular weight excluding hydrogens is 421 g/mol. The molecular formula is C19H17F3N4OS2. The van der Waals surface area contributed by atoms with Gasteiger partial charge in [-0.15, -0.1) is 16.4 Å². The summed E-state index contributed by atoms with van der Waals surface area (Å²) in [5, 5.41) is 8.98. The van der Waals surface area contributed by atoms with Crippen LogP contribution in [0, 0.1) is 0 Å². The van der Waals surface area contributed by atoms with E-state index in [2.05, 4.69) is 15.2 Å². The molecule has 1 amide bonds. The lowest BCUT2D eigenvalue weighted by Crippen LogP contribution is -2.39. The summed E-state index contributed by atoms with van der Waals surface area (Å²) >= 11 is 2.57. The number of hydrogen-bond donors (Lipinski definition) is 1. The van der Waals surface area contributed by atoms with Crippen LogP contribution in [0.5, 0.6) is 0 Å². The number of carbonyl (C=O) groups is 1. The number of amides is 1. The van der Waals surface area contributed by atoms with E-state index in [1.807, 2.05) is 23.6 Å². The SMILES string of the molecule is O=C(CSc1n[nH]c(/C=C/c2cccs2)n1)N(Cc1ccccc1)CC(F)(F)F. The molecule has 0 unspecified atom stereocenters. The Morgan fingerprint density at radius 2 is 1.97 bits per heavy atom. The topological polar surface area (TPSA) is 61.9 Å². The van der Waals surface area contributed by atoms with E-state index in [4.69, 9.17) is 0 Å². The van der Waals surface area contributed by atoms with Crippen LogP contribution in [0.25, 0.3) is 12.2 Å². The van der Waals surface area contributed by atoms with Crippen LogP contribution in [0.15, 0.2) is 53.0 Å². The number of nitrogens with one attached hydrogen (secondary N) is 1. The van der Waals surface area contributed by atoms with Crippen molar-refractivity contribution in [3.63, 3.8) is 0 Å². The van der Waals surface area contributed by atoms with Crippen molar-refractivity contribution in [1.82, 2.24) is 20.1 Å². The largest absolute Gasteiger partial charge is 0.406 e. The Morgan fingerprint density at radius 1 is 1.17 bits per heavy atom. The van der Waals surface area contributed by atoms with Crippen molar-refractivity contribution < 1.29 is 18.0 Å². The molecule has 0 atom stereocenters. The predicted octanol–water partition coefficient (Wildman–Crippen LogP) is 4.72. The first kappa shape index (κ1) is 21.1. The van der Waals surface area contributed by atoms with Crippen molar-refractivity contribution in [3.05, 3.63) is 64.1 Å². The van der Waals surface area contributed by atoms with Gasteiger partial charge in [0.2, 0.25) is 11.1 Å². The number of rotatable bonds is 8. The van der Waals surface area contributed by atoms with Gasteiger partial charge in [0.15, 0.2) is 0 Å². The van der Waals surface area contributed by atoms with E-state index in [1.54, 1.807) is 47.7 Å². The van der Waals surface area contributed by atoms with Crippen LogP contribution in [0.2, 0.25) is 0 Å². The highest BCUT2D eigenvalue weighted by Crippen LogP contribution is 2.21. The van der Waals surface area contributed by atoms with Gasteiger partial charge in [-0.05, 0) is 29.2 Å². The molecule has 3 aromatic rings. The van der Waals surface area contributed by atoms with Crippen LogP contribution < -0.4 is 0 Å². The average Bonchev–Trinajstić information content (AvgIpc) is 3.35. The quantitative estimate of drug-likeness (QED) is 0.517. The van der Waals surface area contributed by atoms with Crippen molar-refractivity contribution in [3.8, 4) is 0 Å². The molecule has 0 spiro atoms. The van der Waals surface area contributed by atoms with E-state index < -0.39 is 18.6 Å². The lowest BCUT2D eigenvalue weighted by atomic mass is 10.2. The highest BCUT2D eigenvalue weighted by Gasteiger charge is 2.33. The van der Waals surface area contributed by atoms with Crippen LogP contribution in [-0.4, -0.2) is 44.5 Å². The molecule has 3 rings (SSSR count). The van der Waals surface area contributed by atoms with Gasteiger partial charge >= 0.3 is 6.18 Å². The Balaban J connectivity index is 1.59. The molecule has 0 bridgehead atoms. The van der Waals surface area contributed by atoms with Crippen LogP contribution in [0.4, 0.5) is 13.2 Å². The predicted molar refractivity (Wildman–Crippen MR) is 108 cm³/mol. The first-order chi connectivity index (χ1) is 13.9. The fourth-order valence-electron chi connectivity index (χ4n) is 2.41. The summed E-state index contributed by atoms with van der Waals surface area (Å²) in [4.78, 5) is 18.5. The number of benzene rings is 1. The van der Waals surface area contributed by atoms with E-state index >= 15 is 0 Å². The molecule has 0 aliphatic rings. The summed E-state index contributed by atoms with van der Waals surface area (Å²) in [6.45, 7) is -1.41. The number of aromatic nitrogens is 3. The van der Waals surface area contributed by atoms with Crippen LogP contribution >= 0.6 is 23.1 Å². The van der Waals surface area contributed by atoms with Gasteiger partial charge in [0, 0.05) is 11.4 Å². The van der Waals surface area contributed by atoms with Crippen molar-refractivity contribution in [2.75, 3.05) is 12.3 Å². The van der Waals surface area contributed by atoms with Gasteiger partial charge in [-0.2, -0.15) is 13.2 Å². The number of thioether (sulfide) groups is 1. The molecule has 0 aliphatic carbocycles. The number of thiophene rings is 1. The lowest BCUT2D eigenvalue weighted by Gasteiger charge is -2.23. The normalized spacial score (nSPS) is 11.8. The number of nitrogens with zero attached hydrogens (tertiary/aromatic N) is 3. The third-order valence-corrected chi connectivity index (χ3v) is 5.36. The zero-order valence-corrected chi connectivity index (χ0v) is 16.7. The van der Waals surface area contributed by atoms with Gasteiger partial charge in [0.05, 0.1) is 5.75 Å². The molecule has 29 heavy (non-hydrogen) atoms. The summed E-state index contributed by atoms with van der Waals surface area (Å²) in [5.41, 5.74) is 0.633. The summed E-state index contributed by atoms with van der Waals surface area (Å²) in [6, 6.07) is 12.5. The van der Waals surface area contributed by atoms with Crippen LogP contribution in [0.1, 0.15) is 16.3 Å². The number of carbonyl (C=O) groups excluding carboxylic acids is 1. The van der Waals surface area contributed by atoms with Crippen LogP contribution in [-0.2, 0) is 11.3 Å². The lowest BCUT2D eigenvalue weighted by molar-refractivity contribution is -0.160. The van der Waals surface area contributed by atoms with E-state index in [0.29, 0.717) is 16.5 Å². The number of halogens is 3. The molecule has 2 heterocycles. The highest BCUT2D eigenvalue weighted by atomic mass is 32.2. The second-order valence-electron chi connectivity index (χ2n) is 5.99. The second-order valence-corrected chi connectivity index (χ2v) is 7.91. The fourth-order valence-corrected chi connectivity index (χ4v) is 3.74. The third-order valence-electron chi connectivity index (χ3n) is 3.69. The molecule has 0 saturated carbocycles. The van der Waals surface area contributed by atoms with E-state index in [9.17, 15) is 18.0 Å². The molecule has 152 valence electrons. The van der Waals surface area contributed by atoms with E-state index in [0.717, 1.165) is 21.5 Å². The number of aromatic amines is 1. The Bertz CT molecular complexity index is 940. The summed E-state index contributed by atoms with van der Waals surface area (Å²) in [7, 11) is 0. The summed E-state index contributed by atoms with van der Waals surface area (Å²) < 4.78 is 38.7. The standard InChI is InChI=1S/C19H17F3N4OS2/c20-19(21,22)13-26(11-14-5-2-1-3-6-14)17(27)12-29-18-23-16(24-25-18)9-8-15-7-4-10-28-15/h1-10H,11-13H2,(H,23,24,25)/b9-8+. The molecule has 10 heteroatoms. The molecule has 5 nitrogen and oxygen atoms in total. The first-order valence-electron chi connectivity index (χ1n) is 8.54. The third kappa shape index (κ3) is 7.06.